The second kappa shape index (κ2) is 7.68. The average molecular weight is 373 g/mol. The molecule has 146 valence electrons. The van der Waals surface area contributed by atoms with Crippen molar-refractivity contribution in [3.05, 3.63) is 36.0 Å². The fourth-order valence-electron chi connectivity index (χ4n) is 4.15. The summed E-state index contributed by atoms with van der Waals surface area (Å²) < 4.78 is 5.02. The number of hydrogen-bond donors (Lipinski definition) is 1. The van der Waals surface area contributed by atoms with Gasteiger partial charge in [0.15, 0.2) is 6.73 Å². The molecule has 1 unspecified atom stereocenters. The number of likely N-dealkylation sites (tertiary alicyclic amines) is 2. The Hall–Kier alpha value is -2.41. The maximum absolute atomic E-state index is 13.1. The van der Waals surface area contributed by atoms with Gasteiger partial charge in [-0.25, -0.2) is 9.69 Å². The van der Waals surface area contributed by atoms with Crippen LogP contribution in [0.1, 0.15) is 39.5 Å². The normalized spacial score (nSPS) is 27.5. The molecule has 2 aliphatic heterocycles. The summed E-state index contributed by atoms with van der Waals surface area (Å²) in [6.45, 7) is 8.36. The van der Waals surface area contributed by atoms with Crippen molar-refractivity contribution in [3.63, 3.8) is 0 Å². The molecule has 1 spiro atoms. The molecule has 2 heterocycles. The maximum atomic E-state index is 13.1. The lowest BCUT2D eigenvalue weighted by molar-refractivity contribution is -0.157. The number of carbonyl (C=O) groups excluding carboxylic acids is 3. The molecule has 7 nitrogen and oxygen atoms in total. The van der Waals surface area contributed by atoms with Gasteiger partial charge in [0.1, 0.15) is 0 Å². The maximum Gasteiger partial charge on any atom is 0.408 e. The van der Waals surface area contributed by atoms with Gasteiger partial charge in [0.25, 0.3) is 0 Å². The predicted octanol–water partition coefficient (Wildman–Crippen LogP) is 2.11. The van der Waals surface area contributed by atoms with Crippen molar-refractivity contribution in [3.8, 4) is 0 Å². The standard InChI is InChI=1S/C20H27N3O4/c1-4-7-15-14(5-2)12-23(20(15)10-11-20)16-8-9-17(24)22(18(16)25)13-27-19(26)21-6-3/h4-5,7,16H,1,6,8-13H2,2-3H3,(H,21,26)/b14-5-,15-7?. The fraction of sp³-hybridized carbons (Fsp3) is 0.550. The first kappa shape index (κ1) is 19.4. The Bertz CT molecular complexity index is 721. The molecule has 3 rings (SSSR count). The third kappa shape index (κ3) is 3.43. The van der Waals surface area contributed by atoms with Gasteiger partial charge < -0.3 is 10.1 Å². The minimum Gasteiger partial charge on any atom is -0.428 e. The minimum absolute atomic E-state index is 0.122. The van der Waals surface area contributed by atoms with Gasteiger partial charge in [0.2, 0.25) is 11.8 Å². The Morgan fingerprint density at radius 2 is 2.15 bits per heavy atom. The molecule has 2 saturated heterocycles. The van der Waals surface area contributed by atoms with Crippen LogP contribution in [-0.4, -0.2) is 59.1 Å². The lowest BCUT2D eigenvalue weighted by Gasteiger charge is -2.38. The summed E-state index contributed by atoms with van der Waals surface area (Å²) in [7, 11) is 0. The lowest BCUT2D eigenvalue weighted by atomic mass is 9.98. The van der Waals surface area contributed by atoms with Crippen LogP contribution in [0.15, 0.2) is 36.0 Å². The predicted molar refractivity (Wildman–Crippen MR) is 101 cm³/mol. The molecular formula is C20H27N3O4. The molecule has 1 atom stereocenters. The van der Waals surface area contributed by atoms with E-state index >= 15 is 0 Å². The average Bonchev–Trinajstić information content (AvgIpc) is 3.37. The summed E-state index contributed by atoms with van der Waals surface area (Å²) in [5, 5.41) is 2.49. The number of allylic oxidation sites excluding steroid dienone is 3. The minimum atomic E-state index is -0.632. The lowest BCUT2D eigenvalue weighted by Crippen LogP contribution is -2.57. The number of hydrogen-bond acceptors (Lipinski definition) is 5. The van der Waals surface area contributed by atoms with Crippen molar-refractivity contribution in [2.45, 2.75) is 51.1 Å². The van der Waals surface area contributed by atoms with E-state index in [2.05, 4.69) is 22.9 Å². The Morgan fingerprint density at radius 1 is 1.41 bits per heavy atom. The fourth-order valence-corrected chi connectivity index (χ4v) is 4.15. The SMILES string of the molecule is C=CC=C1/C(=C\C)CN(C2CCC(=O)N(COC(=O)NCC)C2=O)C12CC2. The summed E-state index contributed by atoms with van der Waals surface area (Å²) in [4.78, 5) is 40.1. The summed E-state index contributed by atoms with van der Waals surface area (Å²) in [5.41, 5.74) is 2.32. The molecule has 7 heteroatoms. The van der Waals surface area contributed by atoms with Gasteiger partial charge in [-0.1, -0.05) is 24.8 Å². The van der Waals surface area contributed by atoms with Gasteiger partial charge in [0.05, 0.1) is 6.04 Å². The van der Waals surface area contributed by atoms with Crippen LogP contribution in [0.25, 0.3) is 0 Å². The first-order valence-electron chi connectivity index (χ1n) is 9.48. The van der Waals surface area contributed by atoms with Crippen molar-refractivity contribution in [1.82, 2.24) is 15.1 Å². The van der Waals surface area contributed by atoms with Crippen LogP contribution in [0.4, 0.5) is 4.79 Å². The number of alkyl carbamates (subject to hydrolysis) is 1. The largest absolute Gasteiger partial charge is 0.428 e. The molecule has 1 N–H and O–H groups in total. The molecular weight excluding hydrogens is 346 g/mol. The first-order chi connectivity index (χ1) is 13.0. The second-order valence-corrected chi connectivity index (χ2v) is 7.10. The van der Waals surface area contributed by atoms with E-state index < -0.39 is 6.09 Å². The van der Waals surface area contributed by atoms with E-state index in [4.69, 9.17) is 4.74 Å². The van der Waals surface area contributed by atoms with Crippen molar-refractivity contribution in [2.75, 3.05) is 19.8 Å². The molecule has 0 aromatic rings. The number of nitrogens with zero attached hydrogens (tertiary/aromatic N) is 2. The molecule has 0 aromatic heterocycles. The van der Waals surface area contributed by atoms with Crippen LogP contribution in [0.3, 0.4) is 0 Å². The highest BCUT2D eigenvalue weighted by molar-refractivity contribution is 6.00. The second-order valence-electron chi connectivity index (χ2n) is 7.10. The molecule has 1 saturated carbocycles. The van der Waals surface area contributed by atoms with Crippen LogP contribution < -0.4 is 5.32 Å². The molecule has 0 aromatic carbocycles. The molecule has 3 amide bonds. The zero-order valence-corrected chi connectivity index (χ0v) is 16.0. The van der Waals surface area contributed by atoms with E-state index in [1.165, 1.54) is 11.1 Å². The van der Waals surface area contributed by atoms with Crippen LogP contribution in [0.5, 0.6) is 0 Å². The molecule has 0 bridgehead atoms. The van der Waals surface area contributed by atoms with Crippen molar-refractivity contribution < 1.29 is 19.1 Å². The zero-order chi connectivity index (χ0) is 19.6. The van der Waals surface area contributed by atoms with E-state index in [1.54, 1.807) is 13.0 Å². The molecule has 3 aliphatic rings. The van der Waals surface area contributed by atoms with Crippen molar-refractivity contribution >= 4 is 17.9 Å². The van der Waals surface area contributed by atoms with Gasteiger partial charge in [-0.2, -0.15) is 0 Å². The van der Waals surface area contributed by atoms with E-state index in [9.17, 15) is 14.4 Å². The van der Waals surface area contributed by atoms with E-state index in [1.807, 2.05) is 13.0 Å². The quantitative estimate of drug-likeness (QED) is 0.747. The summed E-state index contributed by atoms with van der Waals surface area (Å²) in [5.74, 6) is -0.574. The highest BCUT2D eigenvalue weighted by Gasteiger charge is 2.59. The summed E-state index contributed by atoms with van der Waals surface area (Å²) in [6.07, 6.45) is 8.05. The van der Waals surface area contributed by atoms with Crippen LogP contribution >= 0.6 is 0 Å². The highest BCUT2D eigenvalue weighted by atomic mass is 16.6. The monoisotopic (exact) mass is 373 g/mol. The third-order valence-corrected chi connectivity index (χ3v) is 5.60. The number of ether oxygens (including phenoxy) is 1. The number of amides is 3. The number of imide groups is 1. The number of nitrogens with one attached hydrogen (secondary N) is 1. The van der Waals surface area contributed by atoms with E-state index in [0.29, 0.717) is 19.5 Å². The Labute approximate surface area is 159 Å². The highest BCUT2D eigenvalue weighted by Crippen LogP contribution is 2.56. The van der Waals surface area contributed by atoms with Gasteiger partial charge in [-0.15, -0.1) is 0 Å². The van der Waals surface area contributed by atoms with Crippen molar-refractivity contribution in [1.29, 1.82) is 0 Å². The molecule has 27 heavy (non-hydrogen) atoms. The summed E-state index contributed by atoms with van der Waals surface area (Å²) in [6, 6.07) is -0.381. The first-order valence-corrected chi connectivity index (χ1v) is 9.48. The Balaban J connectivity index is 1.78. The van der Waals surface area contributed by atoms with Gasteiger partial charge in [-0.05, 0) is 44.3 Å². The number of piperidine rings is 1. The van der Waals surface area contributed by atoms with Crippen LogP contribution in [0.2, 0.25) is 0 Å². The van der Waals surface area contributed by atoms with Gasteiger partial charge in [0, 0.05) is 25.0 Å². The number of rotatable bonds is 5. The van der Waals surface area contributed by atoms with E-state index in [0.717, 1.165) is 17.7 Å². The van der Waals surface area contributed by atoms with Crippen molar-refractivity contribution in [2.24, 2.45) is 0 Å². The molecule has 1 aliphatic carbocycles. The van der Waals surface area contributed by atoms with E-state index in [-0.39, 0.29) is 36.5 Å². The van der Waals surface area contributed by atoms with Gasteiger partial charge >= 0.3 is 6.09 Å². The van der Waals surface area contributed by atoms with Crippen LogP contribution in [-0.2, 0) is 14.3 Å². The summed E-state index contributed by atoms with van der Waals surface area (Å²) >= 11 is 0. The Kier molecular flexibility index (Phi) is 5.51. The zero-order valence-electron chi connectivity index (χ0n) is 16.0. The third-order valence-electron chi connectivity index (χ3n) is 5.60. The van der Waals surface area contributed by atoms with Crippen LogP contribution in [0, 0.1) is 0 Å². The molecule has 0 radical (unpaired) electrons. The topological polar surface area (TPSA) is 79.0 Å². The smallest absolute Gasteiger partial charge is 0.408 e. The van der Waals surface area contributed by atoms with Gasteiger partial charge in [-0.3, -0.25) is 14.5 Å². The Morgan fingerprint density at radius 3 is 2.74 bits per heavy atom. The number of carbonyl (C=O) groups is 3. The molecule has 3 fully saturated rings.